The molecular formula is C20H23N3O3. The first-order valence-corrected chi connectivity index (χ1v) is 8.73. The summed E-state index contributed by atoms with van der Waals surface area (Å²) in [5.41, 5.74) is 4.60. The Kier molecular flexibility index (Phi) is 4.93. The van der Waals surface area contributed by atoms with Crippen LogP contribution in [0, 0.1) is 30.9 Å². The summed E-state index contributed by atoms with van der Waals surface area (Å²) in [4.78, 5) is 27.4. The number of aryl methyl sites for hydroxylation is 3. The average Bonchev–Trinajstić information content (AvgIpc) is 2.61. The molecule has 0 unspecified atom stereocenters. The van der Waals surface area contributed by atoms with E-state index in [4.69, 9.17) is 0 Å². The van der Waals surface area contributed by atoms with Crippen molar-refractivity contribution in [2.45, 2.75) is 20.8 Å². The zero-order valence-electron chi connectivity index (χ0n) is 15.4. The van der Waals surface area contributed by atoms with E-state index in [0.717, 1.165) is 13.1 Å². The minimum absolute atomic E-state index is 0.00948. The normalized spacial score (nSPS) is 14.4. The quantitative estimate of drug-likeness (QED) is 0.626. The number of hydrogen-bond donors (Lipinski definition) is 0. The minimum atomic E-state index is -0.440. The van der Waals surface area contributed by atoms with Crippen molar-refractivity contribution in [3.05, 3.63) is 68.8 Å². The molecule has 6 nitrogen and oxygen atoms in total. The van der Waals surface area contributed by atoms with E-state index in [2.05, 4.69) is 36.9 Å². The zero-order valence-corrected chi connectivity index (χ0v) is 15.4. The van der Waals surface area contributed by atoms with Crippen LogP contribution in [-0.4, -0.2) is 41.9 Å². The van der Waals surface area contributed by atoms with E-state index < -0.39 is 4.92 Å². The number of nitro groups is 1. The molecule has 0 bridgehead atoms. The summed E-state index contributed by atoms with van der Waals surface area (Å²) in [6.07, 6.45) is 0. The Balaban J connectivity index is 1.71. The highest BCUT2D eigenvalue weighted by atomic mass is 16.6. The molecule has 6 heteroatoms. The first-order chi connectivity index (χ1) is 12.4. The summed E-state index contributed by atoms with van der Waals surface area (Å²) in [7, 11) is 0. The third kappa shape index (κ3) is 3.54. The fraction of sp³-hybridized carbons (Fsp3) is 0.350. The zero-order chi connectivity index (χ0) is 18.8. The predicted molar refractivity (Wildman–Crippen MR) is 102 cm³/mol. The number of amides is 1. The SMILES string of the molecule is Cc1ccc(N2CCN(C(=O)c3ccc(C)c([N+](=O)[O-])c3)CC2)c(C)c1. The van der Waals surface area contributed by atoms with Gasteiger partial charge in [0.2, 0.25) is 0 Å². The molecule has 0 atom stereocenters. The number of piperazine rings is 1. The van der Waals surface area contributed by atoms with Crippen molar-refractivity contribution in [3.63, 3.8) is 0 Å². The average molecular weight is 353 g/mol. The Labute approximate surface area is 153 Å². The Morgan fingerprint density at radius 2 is 1.65 bits per heavy atom. The van der Waals surface area contributed by atoms with E-state index in [1.165, 1.54) is 22.9 Å². The van der Waals surface area contributed by atoms with Gasteiger partial charge in [0.1, 0.15) is 0 Å². The number of hydrogen-bond acceptors (Lipinski definition) is 4. The highest BCUT2D eigenvalue weighted by Crippen LogP contribution is 2.24. The number of rotatable bonds is 3. The standard InChI is InChI=1S/C20H23N3O3/c1-14-4-7-18(16(3)12-14)21-8-10-22(11-9-21)20(24)17-6-5-15(2)19(13-17)23(25)26/h4-7,12-13H,8-11H2,1-3H3. The third-order valence-electron chi connectivity index (χ3n) is 4.91. The second kappa shape index (κ2) is 7.15. The highest BCUT2D eigenvalue weighted by Gasteiger charge is 2.24. The largest absolute Gasteiger partial charge is 0.368 e. The summed E-state index contributed by atoms with van der Waals surface area (Å²) in [6.45, 7) is 8.57. The van der Waals surface area contributed by atoms with Crippen LogP contribution in [0.15, 0.2) is 36.4 Å². The Morgan fingerprint density at radius 1 is 0.962 bits per heavy atom. The van der Waals surface area contributed by atoms with Crippen LogP contribution in [0.2, 0.25) is 0 Å². The molecule has 136 valence electrons. The molecule has 1 heterocycles. The number of carbonyl (C=O) groups is 1. The minimum Gasteiger partial charge on any atom is -0.368 e. The molecular weight excluding hydrogens is 330 g/mol. The van der Waals surface area contributed by atoms with Gasteiger partial charge < -0.3 is 9.80 Å². The Morgan fingerprint density at radius 3 is 2.27 bits per heavy atom. The molecule has 0 N–H and O–H groups in total. The van der Waals surface area contributed by atoms with Crippen LogP contribution in [0.5, 0.6) is 0 Å². The first-order valence-electron chi connectivity index (χ1n) is 8.73. The molecule has 3 rings (SSSR count). The fourth-order valence-corrected chi connectivity index (χ4v) is 3.43. The molecule has 26 heavy (non-hydrogen) atoms. The molecule has 2 aromatic rings. The molecule has 1 fully saturated rings. The third-order valence-corrected chi connectivity index (χ3v) is 4.91. The maximum absolute atomic E-state index is 12.7. The van der Waals surface area contributed by atoms with Crippen LogP contribution in [0.3, 0.4) is 0 Å². The van der Waals surface area contributed by atoms with Gasteiger partial charge in [-0.2, -0.15) is 0 Å². The number of nitrogens with zero attached hydrogens (tertiary/aromatic N) is 3. The van der Waals surface area contributed by atoms with Gasteiger partial charge in [0, 0.05) is 49.1 Å². The molecule has 1 aliphatic heterocycles. The first kappa shape index (κ1) is 17.9. The number of carbonyl (C=O) groups excluding carboxylic acids is 1. The molecule has 0 aromatic heterocycles. The molecule has 2 aromatic carbocycles. The number of anilines is 1. The van der Waals surface area contributed by atoms with Crippen LogP contribution < -0.4 is 4.90 Å². The van der Waals surface area contributed by atoms with Crippen molar-refractivity contribution >= 4 is 17.3 Å². The van der Waals surface area contributed by atoms with E-state index >= 15 is 0 Å². The lowest BCUT2D eigenvalue weighted by Crippen LogP contribution is -2.49. The Bertz CT molecular complexity index is 855. The van der Waals surface area contributed by atoms with Gasteiger partial charge in [-0.05, 0) is 38.5 Å². The van der Waals surface area contributed by atoms with Crippen LogP contribution >= 0.6 is 0 Å². The van der Waals surface area contributed by atoms with Gasteiger partial charge in [-0.15, -0.1) is 0 Å². The summed E-state index contributed by atoms with van der Waals surface area (Å²) in [5, 5.41) is 11.1. The molecule has 0 aliphatic carbocycles. The maximum Gasteiger partial charge on any atom is 0.273 e. The Hall–Kier alpha value is -2.89. The van der Waals surface area contributed by atoms with Crippen LogP contribution in [-0.2, 0) is 0 Å². The van der Waals surface area contributed by atoms with Crippen LogP contribution in [0.25, 0.3) is 0 Å². The van der Waals surface area contributed by atoms with Gasteiger partial charge in [0.15, 0.2) is 0 Å². The lowest BCUT2D eigenvalue weighted by atomic mass is 10.1. The monoisotopic (exact) mass is 353 g/mol. The maximum atomic E-state index is 12.7. The predicted octanol–water partition coefficient (Wildman–Crippen LogP) is 3.48. The van der Waals surface area contributed by atoms with Crippen LogP contribution in [0.1, 0.15) is 27.0 Å². The van der Waals surface area contributed by atoms with E-state index in [9.17, 15) is 14.9 Å². The molecule has 0 saturated carbocycles. The summed E-state index contributed by atoms with van der Waals surface area (Å²) in [5.74, 6) is -0.145. The van der Waals surface area contributed by atoms with Crippen molar-refractivity contribution in [1.82, 2.24) is 4.90 Å². The molecule has 0 radical (unpaired) electrons. The molecule has 1 aliphatic rings. The lowest BCUT2D eigenvalue weighted by molar-refractivity contribution is -0.385. The van der Waals surface area contributed by atoms with E-state index in [1.54, 1.807) is 24.0 Å². The number of benzene rings is 2. The van der Waals surface area contributed by atoms with E-state index in [-0.39, 0.29) is 11.6 Å². The van der Waals surface area contributed by atoms with Gasteiger partial charge in [-0.1, -0.05) is 23.8 Å². The van der Waals surface area contributed by atoms with Crippen LogP contribution in [0.4, 0.5) is 11.4 Å². The van der Waals surface area contributed by atoms with E-state index in [0.29, 0.717) is 24.2 Å². The number of nitro benzene ring substituents is 1. The molecule has 0 spiro atoms. The van der Waals surface area contributed by atoms with Crippen molar-refractivity contribution < 1.29 is 9.72 Å². The topological polar surface area (TPSA) is 66.7 Å². The van der Waals surface area contributed by atoms with Gasteiger partial charge in [-0.25, -0.2) is 0 Å². The van der Waals surface area contributed by atoms with Gasteiger partial charge in [-0.3, -0.25) is 14.9 Å². The summed E-state index contributed by atoms with van der Waals surface area (Å²) in [6, 6.07) is 11.1. The smallest absolute Gasteiger partial charge is 0.273 e. The van der Waals surface area contributed by atoms with Crippen molar-refractivity contribution in [2.75, 3.05) is 31.1 Å². The highest BCUT2D eigenvalue weighted by molar-refractivity contribution is 5.95. The van der Waals surface area contributed by atoms with Crippen molar-refractivity contribution in [2.24, 2.45) is 0 Å². The second-order valence-corrected chi connectivity index (χ2v) is 6.83. The van der Waals surface area contributed by atoms with Gasteiger partial charge >= 0.3 is 0 Å². The summed E-state index contributed by atoms with van der Waals surface area (Å²) < 4.78 is 0. The second-order valence-electron chi connectivity index (χ2n) is 6.83. The molecule has 1 amide bonds. The van der Waals surface area contributed by atoms with Crippen molar-refractivity contribution in [3.8, 4) is 0 Å². The van der Waals surface area contributed by atoms with E-state index in [1.807, 2.05) is 0 Å². The molecule has 1 saturated heterocycles. The summed E-state index contributed by atoms with van der Waals surface area (Å²) >= 11 is 0. The van der Waals surface area contributed by atoms with Crippen molar-refractivity contribution in [1.29, 1.82) is 0 Å². The lowest BCUT2D eigenvalue weighted by Gasteiger charge is -2.37. The van der Waals surface area contributed by atoms with Gasteiger partial charge in [0.05, 0.1) is 4.92 Å². The van der Waals surface area contributed by atoms with Gasteiger partial charge in [0.25, 0.3) is 11.6 Å². The fourth-order valence-electron chi connectivity index (χ4n) is 3.43.